The van der Waals surface area contributed by atoms with Crippen molar-refractivity contribution in [2.75, 3.05) is 13.2 Å². The first-order valence-corrected chi connectivity index (χ1v) is 13.2. The Labute approximate surface area is 239 Å². The van der Waals surface area contributed by atoms with E-state index in [0.717, 1.165) is 11.1 Å². The van der Waals surface area contributed by atoms with Gasteiger partial charge in [-0.1, -0.05) is 60.7 Å². The molecule has 5 N–H and O–H groups in total. The Morgan fingerprint density at radius 3 is 1.88 bits per heavy atom. The van der Waals surface area contributed by atoms with Crippen LogP contribution in [0.4, 0.5) is 0 Å². The second kappa shape index (κ2) is 17.4. The van der Waals surface area contributed by atoms with Gasteiger partial charge in [-0.3, -0.25) is 19.2 Å². The van der Waals surface area contributed by atoms with Gasteiger partial charge >= 0.3 is 11.9 Å². The maximum Gasteiger partial charge on any atom is 0.328 e. The van der Waals surface area contributed by atoms with Crippen LogP contribution < -0.4 is 21.7 Å². The summed E-state index contributed by atoms with van der Waals surface area (Å²) >= 11 is 0. The van der Waals surface area contributed by atoms with Crippen LogP contribution in [0.15, 0.2) is 60.7 Å². The number of nitrogens with two attached hydrogens (primary N) is 1. The lowest BCUT2D eigenvalue weighted by Crippen LogP contribution is -2.57. The number of hydrogen-bond acceptors (Lipinski definition) is 9. The van der Waals surface area contributed by atoms with E-state index in [1.807, 2.05) is 36.4 Å². The molecule has 2 rings (SSSR count). The number of ether oxygens (including phenoxy) is 3. The maximum absolute atomic E-state index is 12.9. The molecule has 0 spiro atoms. The van der Waals surface area contributed by atoms with Gasteiger partial charge < -0.3 is 35.9 Å². The van der Waals surface area contributed by atoms with Gasteiger partial charge in [-0.2, -0.15) is 0 Å². The van der Waals surface area contributed by atoms with E-state index in [9.17, 15) is 24.0 Å². The van der Waals surface area contributed by atoms with Gasteiger partial charge in [0, 0.05) is 0 Å². The summed E-state index contributed by atoms with van der Waals surface area (Å²) in [5, 5.41) is 7.33. The monoisotopic (exact) mass is 570 g/mol. The Kier molecular flexibility index (Phi) is 14.0. The molecule has 0 aromatic heterocycles. The third-order valence-corrected chi connectivity index (χ3v) is 5.74. The zero-order valence-electron chi connectivity index (χ0n) is 23.5. The van der Waals surface area contributed by atoms with E-state index in [1.54, 1.807) is 31.2 Å². The second-order valence-electron chi connectivity index (χ2n) is 9.23. The summed E-state index contributed by atoms with van der Waals surface area (Å²) < 4.78 is 15.6. The lowest BCUT2D eigenvalue weighted by atomic mass is 10.1. The number of benzene rings is 2. The van der Waals surface area contributed by atoms with Crippen LogP contribution in [0.3, 0.4) is 0 Å². The van der Waals surface area contributed by atoms with Crippen molar-refractivity contribution >= 4 is 29.7 Å². The Hall–Kier alpha value is -4.29. The molecule has 41 heavy (non-hydrogen) atoms. The number of rotatable bonds is 16. The molecule has 0 radical (unpaired) electrons. The van der Waals surface area contributed by atoms with Crippen LogP contribution >= 0.6 is 0 Å². The summed E-state index contributed by atoms with van der Waals surface area (Å²) in [6.07, 6.45) is -0.520. The first kappa shape index (κ1) is 32.9. The van der Waals surface area contributed by atoms with Crippen LogP contribution in [0.1, 0.15) is 38.3 Å². The fourth-order valence-electron chi connectivity index (χ4n) is 3.45. The van der Waals surface area contributed by atoms with E-state index in [0.29, 0.717) is 0 Å². The van der Waals surface area contributed by atoms with Crippen LogP contribution in [0.25, 0.3) is 0 Å². The normalized spacial score (nSPS) is 13.6. The summed E-state index contributed by atoms with van der Waals surface area (Å²) in [6.45, 7) is 4.69. The first-order valence-electron chi connectivity index (χ1n) is 13.2. The molecule has 0 unspecified atom stereocenters. The molecular formula is C29H38N4O8. The molecule has 0 aliphatic heterocycles. The molecule has 0 bridgehead atoms. The predicted octanol–water partition coefficient (Wildman–Crippen LogP) is 0.721. The van der Waals surface area contributed by atoms with Gasteiger partial charge in [0.1, 0.15) is 30.8 Å². The van der Waals surface area contributed by atoms with E-state index in [2.05, 4.69) is 16.0 Å². The van der Waals surface area contributed by atoms with E-state index in [4.69, 9.17) is 19.9 Å². The van der Waals surface area contributed by atoms with Gasteiger partial charge in [0.05, 0.1) is 26.2 Å². The van der Waals surface area contributed by atoms with Crippen molar-refractivity contribution in [3.8, 4) is 0 Å². The fourth-order valence-corrected chi connectivity index (χ4v) is 3.45. The van der Waals surface area contributed by atoms with Gasteiger partial charge in [0.2, 0.25) is 17.7 Å². The quantitative estimate of drug-likeness (QED) is 0.212. The van der Waals surface area contributed by atoms with Gasteiger partial charge in [-0.25, -0.2) is 4.79 Å². The highest BCUT2D eigenvalue weighted by molar-refractivity contribution is 5.95. The minimum Gasteiger partial charge on any atom is -0.464 e. The van der Waals surface area contributed by atoms with Gasteiger partial charge in [-0.15, -0.1) is 0 Å². The molecule has 2 aromatic rings. The molecule has 12 nitrogen and oxygen atoms in total. The number of carbonyl (C=O) groups excluding carboxylic acids is 5. The van der Waals surface area contributed by atoms with E-state index in [-0.39, 0.29) is 26.4 Å². The second-order valence-corrected chi connectivity index (χ2v) is 9.23. The number of carbonyl (C=O) groups is 5. The average Bonchev–Trinajstić information content (AvgIpc) is 2.96. The minimum absolute atomic E-state index is 0.0299. The minimum atomic E-state index is -1.40. The Balaban J connectivity index is 1.95. The van der Waals surface area contributed by atoms with Crippen molar-refractivity contribution in [3.63, 3.8) is 0 Å². The third-order valence-electron chi connectivity index (χ3n) is 5.74. The lowest BCUT2D eigenvalue weighted by molar-refractivity contribution is -0.148. The van der Waals surface area contributed by atoms with Crippen LogP contribution in [0.5, 0.6) is 0 Å². The predicted molar refractivity (Wildman–Crippen MR) is 149 cm³/mol. The average molecular weight is 571 g/mol. The van der Waals surface area contributed by atoms with Gasteiger partial charge in [-0.05, 0) is 31.9 Å². The Morgan fingerprint density at radius 2 is 1.29 bits per heavy atom. The molecule has 0 aliphatic rings. The largest absolute Gasteiger partial charge is 0.464 e. The van der Waals surface area contributed by atoms with Crippen molar-refractivity contribution in [1.29, 1.82) is 0 Å². The Bertz CT molecular complexity index is 1150. The molecule has 0 saturated heterocycles. The molecule has 12 heteroatoms. The topological polar surface area (TPSA) is 175 Å². The molecule has 222 valence electrons. The highest BCUT2D eigenvalue weighted by Crippen LogP contribution is 2.05. The van der Waals surface area contributed by atoms with Crippen LogP contribution in [-0.4, -0.2) is 67.0 Å². The molecule has 4 atom stereocenters. The van der Waals surface area contributed by atoms with Crippen molar-refractivity contribution < 1.29 is 38.2 Å². The standard InChI is InChI=1S/C29H38N4O8/c1-4-40-29(38)20(3)32-28(37)24(15-25(34)41-17-22-13-9-6-10-14-22)33-26(35)19(2)31-27(36)23(30)18-39-16-21-11-7-5-8-12-21/h5-14,19-20,23-24H,4,15-18,30H2,1-3H3,(H,31,36)(H,32,37)(H,33,35)/t19-,20-,23-,24-/m1/s1. The van der Waals surface area contributed by atoms with Crippen molar-refractivity contribution in [3.05, 3.63) is 71.8 Å². The van der Waals surface area contributed by atoms with Crippen molar-refractivity contribution in [2.24, 2.45) is 5.73 Å². The lowest BCUT2D eigenvalue weighted by Gasteiger charge is -2.23. The number of nitrogens with one attached hydrogen (secondary N) is 3. The number of esters is 2. The van der Waals surface area contributed by atoms with E-state index < -0.39 is 60.2 Å². The van der Waals surface area contributed by atoms with Crippen LogP contribution in [0, 0.1) is 0 Å². The molecule has 0 aliphatic carbocycles. The Morgan fingerprint density at radius 1 is 0.732 bits per heavy atom. The van der Waals surface area contributed by atoms with E-state index >= 15 is 0 Å². The van der Waals surface area contributed by atoms with E-state index in [1.165, 1.54) is 13.8 Å². The molecule has 0 fully saturated rings. The van der Waals surface area contributed by atoms with Crippen LogP contribution in [-0.2, 0) is 51.4 Å². The smallest absolute Gasteiger partial charge is 0.328 e. The molecule has 3 amide bonds. The zero-order valence-corrected chi connectivity index (χ0v) is 23.5. The maximum atomic E-state index is 12.9. The fraction of sp³-hybridized carbons (Fsp3) is 0.414. The summed E-state index contributed by atoms with van der Waals surface area (Å²) in [5.74, 6) is -3.63. The SMILES string of the molecule is CCOC(=O)[C@@H](C)NC(=O)[C@@H](CC(=O)OCc1ccccc1)NC(=O)[C@@H](C)NC(=O)[C@H](N)COCc1ccccc1. The van der Waals surface area contributed by atoms with Gasteiger partial charge in [0.15, 0.2) is 0 Å². The number of amides is 3. The summed E-state index contributed by atoms with van der Waals surface area (Å²) in [7, 11) is 0. The summed E-state index contributed by atoms with van der Waals surface area (Å²) in [4.78, 5) is 62.8. The highest BCUT2D eigenvalue weighted by Gasteiger charge is 2.30. The molecule has 0 heterocycles. The molecule has 2 aromatic carbocycles. The van der Waals surface area contributed by atoms with Gasteiger partial charge in [0.25, 0.3) is 0 Å². The van der Waals surface area contributed by atoms with Crippen molar-refractivity contribution in [1.82, 2.24) is 16.0 Å². The molecular weight excluding hydrogens is 532 g/mol. The van der Waals surface area contributed by atoms with Crippen LogP contribution in [0.2, 0.25) is 0 Å². The third kappa shape index (κ3) is 12.2. The first-order chi connectivity index (χ1) is 19.6. The number of hydrogen-bond donors (Lipinski definition) is 4. The molecule has 0 saturated carbocycles. The van der Waals surface area contributed by atoms with Crippen molar-refractivity contribution in [2.45, 2.75) is 64.6 Å². The summed E-state index contributed by atoms with van der Waals surface area (Å²) in [6, 6.07) is 13.7. The summed E-state index contributed by atoms with van der Waals surface area (Å²) in [5.41, 5.74) is 7.55. The zero-order chi connectivity index (χ0) is 30.2. The highest BCUT2D eigenvalue weighted by atomic mass is 16.5.